The third-order valence-electron chi connectivity index (χ3n) is 2.91. The van der Waals surface area contributed by atoms with Crippen LogP contribution >= 0.6 is 7.37 Å². The smallest absolute Gasteiger partial charge is 0.197 e. The van der Waals surface area contributed by atoms with Gasteiger partial charge in [-0.25, -0.2) is 0 Å². The van der Waals surface area contributed by atoms with Gasteiger partial charge in [0, 0.05) is 19.2 Å². The largest absolute Gasteiger partial charge is 0.324 e. The SMILES string of the molecule is CC1c2ccccc2CC1OP(C)(C)=O. The van der Waals surface area contributed by atoms with Crippen molar-refractivity contribution in [2.24, 2.45) is 0 Å². The summed E-state index contributed by atoms with van der Waals surface area (Å²) in [5.41, 5.74) is 2.68. The van der Waals surface area contributed by atoms with Crippen LogP contribution in [0.5, 0.6) is 0 Å². The Labute approximate surface area is 91.1 Å². The molecule has 0 bridgehead atoms. The number of hydrogen-bond acceptors (Lipinski definition) is 2. The van der Waals surface area contributed by atoms with Crippen LogP contribution in [0.2, 0.25) is 0 Å². The average Bonchev–Trinajstić information content (AvgIpc) is 2.42. The quantitative estimate of drug-likeness (QED) is 0.721. The van der Waals surface area contributed by atoms with E-state index in [4.69, 9.17) is 4.52 Å². The minimum atomic E-state index is -2.38. The molecule has 0 radical (unpaired) electrons. The first kappa shape index (κ1) is 10.9. The Morgan fingerprint density at radius 3 is 2.60 bits per heavy atom. The van der Waals surface area contributed by atoms with Crippen molar-refractivity contribution in [3.63, 3.8) is 0 Å². The molecule has 1 aliphatic carbocycles. The molecule has 3 heteroatoms. The molecule has 0 aromatic heterocycles. The van der Waals surface area contributed by atoms with E-state index >= 15 is 0 Å². The molecule has 2 rings (SSSR count). The van der Waals surface area contributed by atoms with Crippen molar-refractivity contribution in [1.82, 2.24) is 0 Å². The van der Waals surface area contributed by atoms with E-state index in [1.165, 1.54) is 11.1 Å². The highest BCUT2D eigenvalue weighted by Crippen LogP contribution is 2.45. The summed E-state index contributed by atoms with van der Waals surface area (Å²) in [6, 6.07) is 8.37. The molecule has 0 saturated carbocycles. The first-order valence-corrected chi connectivity index (χ1v) is 7.80. The minimum absolute atomic E-state index is 0.0863. The Kier molecular flexibility index (Phi) is 2.74. The monoisotopic (exact) mass is 224 g/mol. The summed E-state index contributed by atoms with van der Waals surface area (Å²) in [5.74, 6) is 0.356. The van der Waals surface area contributed by atoms with Crippen molar-refractivity contribution in [2.75, 3.05) is 13.3 Å². The third kappa shape index (κ3) is 2.32. The van der Waals surface area contributed by atoms with Crippen LogP contribution in [0.3, 0.4) is 0 Å². The fourth-order valence-electron chi connectivity index (χ4n) is 2.21. The van der Waals surface area contributed by atoms with Crippen LogP contribution in [0.15, 0.2) is 24.3 Å². The Bertz CT molecular complexity index is 408. The molecule has 2 nitrogen and oxygen atoms in total. The maximum atomic E-state index is 11.6. The maximum Gasteiger partial charge on any atom is 0.197 e. The molecule has 15 heavy (non-hydrogen) atoms. The second-order valence-electron chi connectivity index (χ2n) is 4.59. The molecule has 1 aromatic carbocycles. The van der Waals surface area contributed by atoms with E-state index in [0.717, 1.165) is 6.42 Å². The van der Waals surface area contributed by atoms with Crippen LogP contribution < -0.4 is 0 Å². The van der Waals surface area contributed by atoms with Crippen molar-refractivity contribution in [2.45, 2.75) is 25.4 Å². The first-order valence-electron chi connectivity index (χ1n) is 5.28. The van der Waals surface area contributed by atoms with Gasteiger partial charge in [0.2, 0.25) is 0 Å². The van der Waals surface area contributed by atoms with Crippen molar-refractivity contribution in [3.05, 3.63) is 35.4 Å². The van der Waals surface area contributed by atoms with E-state index in [2.05, 4.69) is 25.1 Å². The van der Waals surface area contributed by atoms with Gasteiger partial charge in [0.25, 0.3) is 0 Å². The first-order chi connectivity index (χ1) is 6.97. The van der Waals surface area contributed by atoms with Crippen molar-refractivity contribution < 1.29 is 9.09 Å². The number of fused-ring (bicyclic) bond motifs is 1. The Morgan fingerprint density at radius 2 is 2.00 bits per heavy atom. The summed E-state index contributed by atoms with van der Waals surface area (Å²) in [4.78, 5) is 0. The molecule has 82 valence electrons. The standard InChI is InChI=1S/C12H17O2P/c1-9-11-7-5-4-6-10(11)8-12(9)14-15(2,3)13/h4-7,9,12H,8H2,1-3H3. The highest BCUT2D eigenvalue weighted by Gasteiger charge is 2.32. The van der Waals surface area contributed by atoms with Gasteiger partial charge in [-0.3, -0.25) is 4.57 Å². The number of benzene rings is 1. The summed E-state index contributed by atoms with van der Waals surface area (Å²) in [5, 5.41) is 0. The molecule has 0 N–H and O–H groups in total. The lowest BCUT2D eigenvalue weighted by atomic mass is 10.0. The zero-order valence-electron chi connectivity index (χ0n) is 9.43. The summed E-state index contributed by atoms with van der Waals surface area (Å²) in [7, 11) is -2.38. The normalized spacial score (nSPS) is 25.3. The Hall–Kier alpha value is -0.590. The summed E-state index contributed by atoms with van der Waals surface area (Å²) in [6.07, 6.45) is 0.978. The molecule has 0 aliphatic heterocycles. The van der Waals surface area contributed by atoms with Crippen molar-refractivity contribution >= 4 is 7.37 Å². The summed E-state index contributed by atoms with van der Waals surface area (Å²) >= 11 is 0. The van der Waals surface area contributed by atoms with Crippen LogP contribution in [0.1, 0.15) is 24.0 Å². The molecule has 1 aromatic rings. The third-order valence-corrected chi connectivity index (χ3v) is 3.69. The zero-order chi connectivity index (χ0) is 11.1. The van der Waals surface area contributed by atoms with Crippen LogP contribution in [-0.2, 0) is 15.5 Å². The molecular weight excluding hydrogens is 207 g/mol. The topological polar surface area (TPSA) is 26.3 Å². The molecule has 0 fully saturated rings. The molecule has 1 aliphatic rings. The molecule has 0 heterocycles. The fraction of sp³-hybridized carbons (Fsp3) is 0.500. The highest BCUT2D eigenvalue weighted by molar-refractivity contribution is 7.57. The van der Waals surface area contributed by atoms with Crippen molar-refractivity contribution in [3.8, 4) is 0 Å². The van der Waals surface area contributed by atoms with Crippen LogP contribution in [-0.4, -0.2) is 19.4 Å². The van der Waals surface area contributed by atoms with E-state index in [9.17, 15) is 4.57 Å². The van der Waals surface area contributed by atoms with E-state index in [-0.39, 0.29) is 6.10 Å². The average molecular weight is 224 g/mol. The van der Waals surface area contributed by atoms with Crippen LogP contribution in [0.4, 0.5) is 0 Å². The predicted molar refractivity (Wildman–Crippen MR) is 62.9 cm³/mol. The Morgan fingerprint density at radius 1 is 1.33 bits per heavy atom. The van der Waals surface area contributed by atoms with Gasteiger partial charge < -0.3 is 4.52 Å². The molecule has 0 saturated heterocycles. The van der Waals surface area contributed by atoms with Crippen LogP contribution in [0.25, 0.3) is 0 Å². The van der Waals surface area contributed by atoms with Gasteiger partial charge in [0.05, 0.1) is 6.10 Å². The number of rotatable bonds is 2. The maximum absolute atomic E-state index is 11.6. The second kappa shape index (κ2) is 3.77. The number of hydrogen-bond donors (Lipinski definition) is 0. The van der Waals surface area contributed by atoms with E-state index in [1.807, 2.05) is 6.07 Å². The van der Waals surface area contributed by atoms with Gasteiger partial charge in [-0.1, -0.05) is 31.2 Å². The lowest BCUT2D eigenvalue weighted by molar-refractivity contribution is 0.196. The van der Waals surface area contributed by atoms with Gasteiger partial charge in [-0.05, 0) is 17.5 Å². The van der Waals surface area contributed by atoms with Crippen LogP contribution in [0, 0.1) is 0 Å². The predicted octanol–water partition coefficient (Wildman–Crippen LogP) is 3.27. The van der Waals surface area contributed by atoms with Gasteiger partial charge in [-0.15, -0.1) is 0 Å². The molecule has 0 amide bonds. The minimum Gasteiger partial charge on any atom is -0.324 e. The molecule has 2 unspecified atom stereocenters. The van der Waals surface area contributed by atoms with Crippen molar-refractivity contribution in [1.29, 1.82) is 0 Å². The van der Waals surface area contributed by atoms with Gasteiger partial charge in [-0.2, -0.15) is 0 Å². The van der Waals surface area contributed by atoms with Gasteiger partial charge in [0.15, 0.2) is 7.37 Å². The highest BCUT2D eigenvalue weighted by atomic mass is 31.2. The lowest BCUT2D eigenvalue weighted by Gasteiger charge is -2.19. The summed E-state index contributed by atoms with van der Waals surface area (Å²) < 4.78 is 17.3. The fourth-order valence-corrected chi connectivity index (χ4v) is 3.12. The zero-order valence-corrected chi connectivity index (χ0v) is 10.3. The van der Waals surface area contributed by atoms with E-state index < -0.39 is 7.37 Å². The Balaban J connectivity index is 2.20. The van der Waals surface area contributed by atoms with Gasteiger partial charge >= 0.3 is 0 Å². The molecule has 0 spiro atoms. The summed E-state index contributed by atoms with van der Waals surface area (Å²) in [6.45, 7) is 5.51. The van der Waals surface area contributed by atoms with E-state index in [1.54, 1.807) is 13.3 Å². The lowest BCUT2D eigenvalue weighted by Crippen LogP contribution is -2.14. The molecule has 2 atom stereocenters. The van der Waals surface area contributed by atoms with Gasteiger partial charge in [0.1, 0.15) is 0 Å². The second-order valence-corrected chi connectivity index (χ2v) is 7.30. The van der Waals surface area contributed by atoms with E-state index in [0.29, 0.717) is 5.92 Å². The molecular formula is C12H17O2P.